The molecule has 0 saturated carbocycles. The molecule has 1 aromatic heterocycles. The van der Waals surface area contributed by atoms with Gasteiger partial charge in [-0.05, 0) is 24.3 Å². The molecule has 0 aliphatic carbocycles. The smallest absolute Gasteiger partial charge is 0.271 e. The van der Waals surface area contributed by atoms with Gasteiger partial charge in [-0.2, -0.15) is 0 Å². The molecule has 0 radical (unpaired) electrons. The normalized spacial score (nSPS) is 10.5. The average molecular weight is 390 g/mol. The van der Waals surface area contributed by atoms with Gasteiger partial charge >= 0.3 is 0 Å². The van der Waals surface area contributed by atoms with Crippen LogP contribution in [0.25, 0.3) is 5.69 Å². The highest BCUT2D eigenvalue weighted by molar-refractivity contribution is 6.33. The quantitative estimate of drug-likeness (QED) is 0.516. The zero-order valence-corrected chi connectivity index (χ0v) is 14.7. The summed E-state index contributed by atoms with van der Waals surface area (Å²) in [5.41, 5.74) is -0.0116. The van der Waals surface area contributed by atoms with Gasteiger partial charge in [0.15, 0.2) is 0 Å². The predicted molar refractivity (Wildman–Crippen MR) is 98.3 cm³/mol. The third kappa shape index (κ3) is 3.75. The summed E-state index contributed by atoms with van der Waals surface area (Å²) in [7, 11) is 1.38. The van der Waals surface area contributed by atoms with Crippen molar-refractivity contribution in [3.8, 4) is 11.4 Å². The van der Waals surface area contributed by atoms with E-state index < -0.39 is 16.6 Å². The van der Waals surface area contributed by atoms with Crippen molar-refractivity contribution < 1.29 is 18.8 Å². The third-order valence-corrected chi connectivity index (χ3v) is 4.11. The van der Waals surface area contributed by atoms with Crippen molar-refractivity contribution in [2.45, 2.75) is 0 Å². The zero-order chi connectivity index (χ0) is 19.6. The van der Waals surface area contributed by atoms with Crippen molar-refractivity contribution in [1.29, 1.82) is 0 Å². The number of carbonyl (C=O) groups excluding carboxylic acids is 1. The van der Waals surface area contributed by atoms with Gasteiger partial charge in [-0.15, -0.1) is 0 Å². The van der Waals surface area contributed by atoms with Gasteiger partial charge < -0.3 is 14.6 Å². The second kappa shape index (κ2) is 7.46. The molecular weight excluding hydrogens is 377 g/mol. The highest BCUT2D eigenvalue weighted by Crippen LogP contribution is 2.31. The molecular formula is C18H13ClFN3O4. The average Bonchev–Trinajstić information content (AvgIpc) is 3.17. The van der Waals surface area contributed by atoms with Crippen molar-refractivity contribution >= 4 is 28.9 Å². The van der Waals surface area contributed by atoms with Gasteiger partial charge in [0.05, 0.1) is 34.0 Å². The molecule has 0 saturated heterocycles. The van der Waals surface area contributed by atoms with E-state index in [-0.39, 0.29) is 27.7 Å². The van der Waals surface area contributed by atoms with E-state index in [1.165, 1.54) is 13.2 Å². The predicted octanol–water partition coefficient (Wildman–Crippen LogP) is 4.44. The fourth-order valence-electron chi connectivity index (χ4n) is 2.49. The number of hydrogen-bond acceptors (Lipinski definition) is 4. The molecule has 0 atom stereocenters. The Hall–Kier alpha value is -3.39. The lowest BCUT2D eigenvalue weighted by molar-refractivity contribution is -0.384. The number of methoxy groups -OCH3 is 1. The maximum Gasteiger partial charge on any atom is 0.271 e. The lowest BCUT2D eigenvalue weighted by Crippen LogP contribution is -2.15. The molecule has 27 heavy (non-hydrogen) atoms. The number of nitro benzene ring substituents is 1. The maximum absolute atomic E-state index is 13.9. The molecule has 0 aliphatic rings. The van der Waals surface area contributed by atoms with E-state index in [2.05, 4.69) is 5.32 Å². The van der Waals surface area contributed by atoms with E-state index in [0.29, 0.717) is 5.69 Å². The van der Waals surface area contributed by atoms with Crippen LogP contribution in [0.15, 0.2) is 54.9 Å². The number of nitrogens with zero attached hydrogens (tertiary/aromatic N) is 2. The van der Waals surface area contributed by atoms with Crippen LogP contribution in [0.1, 0.15) is 10.4 Å². The molecule has 1 N–H and O–H groups in total. The molecule has 2 aromatic carbocycles. The van der Waals surface area contributed by atoms with Gasteiger partial charge in [0.1, 0.15) is 11.6 Å². The largest absolute Gasteiger partial charge is 0.496 e. The molecule has 0 spiro atoms. The second-order valence-electron chi connectivity index (χ2n) is 5.47. The van der Waals surface area contributed by atoms with Crippen molar-refractivity contribution in [3.63, 3.8) is 0 Å². The SMILES string of the molecule is COc1cc(-n2cccc2)c(Cl)cc1C(=O)Nc1cc([N+](=O)[O-])ccc1F. The second-order valence-corrected chi connectivity index (χ2v) is 5.88. The Morgan fingerprint density at radius 3 is 2.59 bits per heavy atom. The zero-order valence-electron chi connectivity index (χ0n) is 14.0. The first-order valence-corrected chi connectivity index (χ1v) is 8.04. The summed E-state index contributed by atoms with van der Waals surface area (Å²) in [6.45, 7) is 0. The Balaban J connectivity index is 1.97. The van der Waals surface area contributed by atoms with Gasteiger partial charge in [0.25, 0.3) is 11.6 Å². The Labute approximate surface area is 158 Å². The number of ether oxygens (including phenoxy) is 1. The monoisotopic (exact) mass is 389 g/mol. The van der Waals surface area contributed by atoms with Crippen molar-refractivity contribution in [1.82, 2.24) is 4.57 Å². The van der Waals surface area contributed by atoms with Crippen LogP contribution >= 0.6 is 11.6 Å². The Kier molecular flexibility index (Phi) is 5.09. The van der Waals surface area contributed by atoms with Gasteiger partial charge in [0, 0.05) is 30.6 Å². The fourth-order valence-corrected chi connectivity index (χ4v) is 2.76. The number of non-ortho nitro benzene ring substituents is 1. The van der Waals surface area contributed by atoms with E-state index in [1.807, 2.05) is 12.1 Å². The fraction of sp³-hybridized carbons (Fsp3) is 0.0556. The molecule has 1 heterocycles. The first kappa shape index (κ1) is 18.4. The molecule has 0 unspecified atom stereocenters. The number of aromatic nitrogens is 1. The van der Waals surface area contributed by atoms with Crippen molar-refractivity contribution in [2.24, 2.45) is 0 Å². The summed E-state index contributed by atoms with van der Waals surface area (Å²) in [5.74, 6) is -1.30. The maximum atomic E-state index is 13.9. The summed E-state index contributed by atoms with van der Waals surface area (Å²) in [6.07, 6.45) is 3.55. The van der Waals surface area contributed by atoms with Crippen LogP contribution in [0.5, 0.6) is 5.75 Å². The number of amides is 1. The van der Waals surface area contributed by atoms with Crippen LogP contribution in [-0.2, 0) is 0 Å². The Bertz CT molecular complexity index is 1020. The molecule has 0 bridgehead atoms. The van der Waals surface area contributed by atoms with Crippen LogP contribution in [-0.4, -0.2) is 22.5 Å². The highest BCUT2D eigenvalue weighted by Gasteiger charge is 2.19. The molecule has 138 valence electrons. The van der Waals surface area contributed by atoms with E-state index in [4.69, 9.17) is 16.3 Å². The number of anilines is 1. The molecule has 0 fully saturated rings. The van der Waals surface area contributed by atoms with E-state index >= 15 is 0 Å². The summed E-state index contributed by atoms with van der Waals surface area (Å²) >= 11 is 6.28. The number of rotatable bonds is 5. The minimum atomic E-state index is -0.803. The Morgan fingerprint density at radius 2 is 1.96 bits per heavy atom. The minimum absolute atomic E-state index is 0.0595. The number of nitrogens with one attached hydrogen (secondary N) is 1. The van der Waals surface area contributed by atoms with E-state index in [9.17, 15) is 19.3 Å². The highest BCUT2D eigenvalue weighted by atomic mass is 35.5. The number of benzene rings is 2. The lowest BCUT2D eigenvalue weighted by Gasteiger charge is -2.14. The first-order chi connectivity index (χ1) is 12.9. The number of nitro groups is 1. The molecule has 3 rings (SSSR count). The third-order valence-electron chi connectivity index (χ3n) is 3.81. The van der Waals surface area contributed by atoms with Gasteiger partial charge in [0.2, 0.25) is 0 Å². The van der Waals surface area contributed by atoms with Gasteiger partial charge in [-0.25, -0.2) is 4.39 Å². The van der Waals surface area contributed by atoms with Crippen LogP contribution < -0.4 is 10.1 Å². The van der Waals surface area contributed by atoms with E-state index in [1.54, 1.807) is 23.0 Å². The number of halogens is 2. The van der Waals surface area contributed by atoms with E-state index in [0.717, 1.165) is 18.2 Å². The molecule has 9 heteroatoms. The molecule has 1 amide bonds. The molecule has 7 nitrogen and oxygen atoms in total. The summed E-state index contributed by atoms with van der Waals surface area (Å²) in [6, 6.07) is 9.45. The number of hydrogen-bond donors (Lipinski definition) is 1. The van der Waals surface area contributed by atoms with Crippen molar-refractivity contribution in [2.75, 3.05) is 12.4 Å². The minimum Gasteiger partial charge on any atom is -0.496 e. The standard InChI is InChI=1S/C18H13ClFN3O4/c1-27-17-10-16(22-6-2-3-7-22)13(19)9-12(17)18(24)21-15-8-11(23(25)26)4-5-14(15)20/h2-10H,1H3,(H,21,24). The van der Waals surface area contributed by atoms with Crippen LogP contribution in [0.4, 0.5) is 15.8 Å². The van der Waals surface area contributed by atoms with Crippen LogP contribution in [0, 0.1) is 15.9 Å². The first-order valence-electron chi connectivity index (χ1n) is 7.67. The lowest BCUT2D eigenvalue weighted by atomic mass is 10.1. The van der Waals surface area contributed by atoms with Crippen LogP contribution in [0.3, 0.4) is 0 Å². The topological polar surface area (TPSA) is 86.4 Å². The summed E-state index contributed by atoms with van der Waals surface area (Å²) in [4.78, 5) is 22.7. The molecule has 3 aromatic rings. The molecule has 0 aliphatic heterocycles. The Morgan fingerprint density at radius 1 is 1.26 bits per heavy atom. The summed E-state index contributed by atoms with van der Waals surface area (Å²) < 4.78 is 20.9. The van der Waals surface area contributed by atoms with Gasteiger partial charge in [-0.3, -0.25) is 14.9 Å². The van der Waals surface area contributed by atoms with Crippen LogP contribution in [0.2, 0.25) is 5.02 Å². The number of carbonyl (C=O) groups is 1. The van der Waals surface area contributed by atoms with Gasteiger partial charge in [-0.1, -0.05) is 11.6 Å². The summed E-state index contributed by atoms with van der Waals surface area (Å²) in [5, 5.41) is 13.4. The van der Waals surface area contributed by atoms with Crippen molar-refractivity contribution in [3.05, 3.63) is 81.4 Å².